The lowest BCUT2D eigenvalue weighted by Gasteiger charge is -2.37. The van der Waals surface area contributed by atoms with Gasteiger partial charge in [0.15, 0.2) is 0 Å². The van der Waals surface area contributed by atoms with Crippen LogP contribution in [0.1, 0.15) is 33.1 Å². The third-order valence-corrected chi connectivity index (χ3v) is 4.92. The monoisotopic (exact) mass is 164 g/mol. The first-order valence-corrected chi connectivity index (χ1v) is 5.17. The Kier molecular flexibility index (Phi) is 1.06. The minimum atomic E-state index is 0.407. The Labute approximate surface area is 73.5 Å². The van der Waals surface area contributed by atoms with Gasteiger partial charge in [-0.3, -0.25) is 4.79 Å². The van der Waals surface area contributed by atoms with Crippen molar-refractivity contribution in [2.75, 3.05) is 0 Å². The predicted octanol–water partition coefficient (Wildman–Crippen LogP) is 2.26. The molecule has 66 valence electrons. The van der Waals surface area contributed by atoms with Crippen LogP contribution in [0.5, 0.6) is 0 Å². The van der Waals surface area contributed by atoms with Gasteiger partial charge < -0.3 is 0 Å². The Morgan fingerprint density at radius 2 is 2.17 bits per heavy atom. The molecule has 0 aliphatic heterocycles. The molecule has 3 rings (SSSR count). The van der Waals surface area contributed by atoms with Gasteiger partial charge >= 0.3 is 0 Å². The zero-order valence-corrected chi connectivity index (χ0v) is 7.84. The largest absolute Gasteiger partial charge is 0.299 e. The fraction of sp³-hybridized carbons (Fsp3) is 0.909. The minimum Gasteiger partial charge on any atom is -0.299 e. The summed E-state index contributed by atoms with van der Waals surface area (Å²) in [6, 6.07) is 0. The summed E-state index contributed by atoms with van der Waals surface area (Å²) in [5.41, 5.74) is 0.407. The number of ketones is 1. The van der Waals surface area contributed by atoms with Crippen LogP contribution in [0.15, 0.2) is 0 Å². The van der Waals surface area contributed by atoms with Gasteiger partial charge in [0, 0.05) is 12.3 Å². The number of hydrogen-bond donors (Lipinski definition) is 0. The third kappa shape index (κ3) is 0.571. The van der Waals surface area contributed by atoms with Crippen molar-refractivity contribution in [2.24, 2.45) is 29.1 Å². The lowest BCUT2D eigenvalue weighted by molar-refractivity contribution is -0.121. The molecule has 0 amide bonds. The minimum absolute atomic E-state index is 0.407. The molecule has 5 unspecified atom stereocenters. The van der Waals surface area contributed by atoms with Crippen molar-refractivity contribution in [1.29, 1.82) is 0 Å². The van der Waals surface area contributed by atoms with Gasteiger partial charge in [-0.2, -0.15) is 0 Å². The maximum Gasteiger partial charge on any atom is 0.137 e. The number of carbonyl (C=O) groups excluding carboxylic acids is 1. The Bertz CT molecular complexity index is 258. The average molecular weight is 164 g/mol. The van der Waals surface area contributed by atoms with Crippen LogP contribution in [0.3, 0.4) is 0 Å². The molecular weight excluding hydrogens is 148 g/mol. The van der Waals surface area contributed by atoms with Crippen LogP contribution < -0.4 is 0 Å². The third-order valence-electron chi connectivity index (χ3n) is 4.92. The summed E-state index contributed by atoms with van der Waals surface area (Å²) >= 11 is 0. The molecule has 0 saturated heterocycles. The van der Waals surface area contributed by atoms with Crippen molar-refractivity contribution in [2.45, 2.75) is 33.1 Å². The van der Waals surface area contributed by atoms with E-state index in [4.69, 9.17) is 0 Å². The van der Waals surface area contributed by atoms with E-state index in [-0.39, 0.29) is 0 Å². The summed E-state index contributed by atoms with van der Waals surface area (Å²) in [5.74, 6) is 3.50. The Balaban J connectivity index is 2.02. The smallest absolute Gasteiger partial charge is 0.137 e. The van der Waals surface area contributed by atoms with Gasteiger partial charge in [0.2, 0.25) is 0 Å². The molecule has 0 radical (unpaired) electrons. The first-order chi connectivity index (χ1) is 5.64. The highest BCUT2D eigenvalue weighted by molar-refractivity contribution is 5.88. The summed E-state index contributed by atoms with van der Waals surface area (Å²) in [6.45, 7) is 4.68. The normalized spacial score (nSPS) is 61.7. The quantitative estimate of drug-likeness (QED) is 0.536. The van der Waals surface area contributed by atoms with E-state index >= 15 is 0 Å². The van der Waals surface area contributed by atoms with E-state index in [2.05, 4.69) is 13.8 Å². The number of carbonyl (C=O) groups is 1. The molecule has 12 heavy (non-hydrogen) atoms. The van der Waals surface area contributed by atoms with Crippen LogP contribution in [0.2, 0.25) is 0 Å². The van der Waals surface area contributed by atoms with Crippen LogP contribution in [0.25, 0.3) is 0 Å². The summed E-state index contributed by atoms with van der Waals surface area (Å²) in [6.07, 6.45) is 3.58. The molecule has 0 bridgehead atoms. The second-order valence-electron chi connectivity index (χ2n) is 5.34. The molecule has 3 saturated carbocycles. The molecule has 0 N–H and O–H groups in total. The van der Waals surface area contributed by atoms with E-state index < -0.39 is 0 Å². The maximum atomic E-state index is 11.6. The van der Waals surface area contributed by atoms with Crippen molar-refractivity contribution in [3.8, 4) is 0 Å². The van der Waals surface area contributed by atoms with Crippen LogP contribution in [0.4, 0.5) is 0 Å². The van der Waals surface area contributed by atoms with Crippen LogP contribution in [-0.4, -0.2) is 5.78 Å². The summed E-state index contributed by atoms with van der Waals surface area (Å²) in [7, 11) is 0. The molecule has 3 aliphatic carbocycles. The Hall–Kier alpha value is -0.330. The Morgan fingerprint density at radius 1 is 1.42 bits per heavy atom. The molecule has 3 aliphatic rings. The van der Waals surface area contributed by atoms with E-state index in [0.29, 0.717) is 17.1 Å². The summed E-state index contributed by atoms with van der Waals surface area (Å²) in [4.78, 5) is 11.6. The van der Waals surface area contributed by atoms with Gasteiger partial charge in [0.25, 0.3) is 0 Å². The van der Waals surface area contributed by atoms with E-state index in [9.17, 15) is 4.79 Å². The highest BCUT2D eigenvalue weighted by atomic mass is 16.1. The van der Waals surface area contributed by atoms with Gasteiger partial charge in [-0.05, 0) is 36.0 Å². The highest BCUT2D eigenvalue weighted by Crippen LogP contribution is 2.71. The van der Waals surface area contributed by atoms with E-state index in [1.165, 1.54) is 12.8 Å². The van der Waals surface area contributed by atoms with Crippen molar-refractivity contribution in [3.05, 3.63) is 0 Å². The first kappa shape index (κ1) is 7.11. The predicted molar refractivity (Wildman–Crippen MR) is 46.6 cm³/mol. The molecule has 3 fully saturated rings. The van der Waals surface area contributed by atoms with Crippen LogP contribution >= 0.6 is 0 Å². The van der Waals surface area contributed by atoms with Gasteiger partial charge in [-0.25, -0.2) is 0 Å². The van der Waals surface area contributed by atoms with Gasteiger partial charge in [-0.1, -0.05) is 13.8 Å². The Morgan fingerprint density at radius 3 is 2.83 bits per heavy atom. The molecule has 1 nitrogen and oxygen atoms in total. The van der Waals surface area contributed by atoms with E-state index in [1.54, 1.807) is 0 Å². The molecule has 0 spiro atoms. The molecule has 0 heterocycles. The zero-order valence-electron chi connectivity index (χ0n) is 7.84. The number of hydrogen-bond acceptors (Lipinski definition) is 1. The number of fused-ring (bicyclic) bond motifs is 1. The second-order valence-corrected chi connectivity index (χ2v) is 5.34. The maximum absolute atomic E-state index is 11.6. The second kappa shape index (κ2) is 1.78. The lowest BCUT2D eigenvalue weighted by atomic mass is 9.67. The molecule has 1 heteroatoms. The van der Waals surface area contributed by atoms with Gasteiger partial charge in [-0.15, -0.1) is 0 Å². The molecule has 5 atom stereocenters. The van der Waals surface area contributed by atoms with Gasteiger partial charge in [0.05, 0.1) is 0 Å². The fourth-order valence-electron chi connectivity index (χ4n) is 3.96. The molecular formula is C11H16O. The zero-order chi connectivity index (χ0) is 8.51. The molecule has 0 aromatic rings. The first-order valence-electron chi connectivity index (χ1n) is 5.17. The summed E-state index contributed by atoms with van der Waals surface area (Å²) < 4.78 is 0. The topological polar surface area (TPSA) is 17.1 Å². The average Bonchev–Trinajstić information content (AvgIpc) is 2.66. The highest BCUT2D eigenvalue weighted by Gasteiger charge is 2.70. The fourth-order valence-corrected chi connectivity index (χ4v) is 3.96. The summed E-state index contributed by atoms with van der Waals surface area (Å²) in [5, 5.41) is 0. The van der Waals surface area contributed by atoms with Crippen molar-refractivity contribution < 1.29 is 4.79 Å². The van der Waals surface area contributed by atoms with Crippen molar-refractivity contribution in [1.82, 2.24) is 0 Å². The van der Waals surface area contributed by atoms with Gasteiger partial charge in [0.1, 0.15) is 5.78 Å². The van der Waals surface area contributed by atoms with E-state index in [0.717, 1.165) is 24.2 Å². The number of rotatable bonds is 0. The molecule has 0 aromatic carbocycles. The standard InChI is InChI=1S/C11H16O/c1-6-3-4-7-9-8(12)5-11(6,2)10(7)9/h6-7,9-10H,3-5H2,1-2H3. The van der Waals surface area contributed by atoms with Crippen LogP contribution in [0, 0.1) is 29.1 Å². The van der Waals surface area contributed by atoms with Crippen molar-refractivity contribution in [3.63, 3.8) is 0 Å². The SMILES string of the molecule is CC1CCC2C3C(=O)CC1(C)C23. The molecule has 0 aromatic heterocycles. The van der Waals surface area contributed by atoms with Crippen LogP contribution in [-0.2, 0) is 4.79 Å². The van der Waals surface area contributed by atoms with E-state index in [1.807, 2.05) is 0 Å². The lowest BCUT2D eigenvalue weighted by Crippen LogP contribution is -2.31. The number of Topliss-reactive ketones (excluding diaryl/α,β-unsaturated/α-hetero) is 1. The van der Waals surface area contributed by atoms with Crippen molar-refractivity contribution >= 4 is 5.78 Å².